The van der Waals surface area contributed by atoms with Gasteiger partial charge in [0.05, 0.1) is 0 Å². The van der Waals surface area contributed by atoms with Gasteiger partial charge in [0, 0.05) is 16.2 Å². The van der Waals surface area contributed by atoms with Gasteiger partial charge in [0.15, 0.2) is 0 Å². The summed E-state index contributed by atoms with van der Waals surface area (Å²) in [5.41, 5.74) is 1.39. The van der Waals surface area contributed by atoms with Gasteiger partial charge in [0.2, 0.25) is 0 Å². The van der Waals surface area contributed by atoms with Crippen LogP contribution in [0.25, 0.3) is 0 Å². The minimum Gasteiger partial charge on any atom is -0.481 e. The quantitative estimate of drug-likeness (QED) is 0.761. The number of carboxylic acid groups (broad SMARTS) is 1. The van der Waals surface area contributed by atoms with E-state index in [4.69, 9.17) is 5.11 Å². The number of rotatable bonds is 5. The van der Waals surface area contributed by atoms with E-state index in [-0.39, 0.29) is 0 Å². The lowest BCUT2D eigenvalue weighted by molar-refractivity contribution is -0.137. The summed E-state index contributed by atoms with van der Waals surface area (Å²) in [4.78, 5) is 13.0. The van der Waals surface area contributed by atoms with Gasteiger partial charge >= 0.3 is 5.97 Å². The Kier molecular flexibility index (Phi) is 4.14. The van der Waals surface area contributed by atoms with E-state index in [2.05, 4.69) is 19.9 Å². The van der Waals surface area contributed by atoms with Crippen LogP contribution >= 0.6 is 11.3 Å². The van der Waals surface area contributed by atoms with Gasteiger partial charge in [0.25, 0.3) is 0 Å². The molecule has 0 aliphatic carbocycles. The molecular weight excluding hydrogens is 196 g/mol. The lowest BCUT2D eigenvalue weighted by Crippen LogP contribution is -1.94. The molecule has 0 amide bonds. The Morgan fingerprint density at radius 2 is 2.14 bits per heavy atom. The van der Waals surface area contributed by atoms with Gasteiger partial charge in [-0.3, -0.25) is 4.79 Å². The molecule has 0 atom stereocenters. The topological polar surface area (TPSA) is 37.3 Å². The van der Waals surface area contributed by atoms with Crippen LogP contribution < -0.4 is 0 Å². The van der Waals surface area contributed by atoms with E-state index >= 15 is 0 Å². The summed E-state index contributed by atoms with van der Waals surface area (Å²) in [6.45, 7) is 4.24. The lowest BCUT2D eigenvalue weighted by Gasteiger charge is -1.98. The van der Waals surface area contributed by atoms with E-state index in [0.29, 0.717) is 6.42 Å². The van der Waals surface area contributed by atoms with Crippen LogP contribution in [0, 0.1) is 13.8 Å². The average molecular weight is 212 g/mol. The molecule has 78 valence electrons. The fourth-order valence-electron chi connectivity index (χ4n) is 1.52. The maximum absolute atomic E-state index is 10.3. The third kappa shape index (κ3) is 3.50. The molecule has 1 N–H and O–H groups in total. The van der Waals surface area contributed by atoms with Gasteiger partial charge in [-0.15, -0.1) is 11.3 Å². The molecule has 2 nitrogen and oxygen atoms in total. The third-order valence-electron chi connectivity index (χ3n) is 2.23. The molecule has 3 heteroatoms. The number of aryl methyl sites for hydroxylation is 3. The van der Waals surface area contributed by atoms with Crippen molar-refractivity contribution in [2.75, 3.05) is 0 Å². The average Bonchev–Trinajstić information content (AvgIpc) is 2.39. The van der Waals surface area contributed by atoms with Gasteiger partial charge in [-0.25, -0.2) is 0 Å². The molecule has 1 aromatic rings. The van der Waals surface area contributed by atoms with Crippen LogP contribution in [-0.4, -0.2) is 11.1 Å². The van der Waals surface area contributed by atoms with Gasteiger partial charge in [-0.05, 0) is 44.7 Å². The summed E-state index contributed by atoms with van der Waals surface area (Å²) in [7, 11) is 0. The molecule has 0 radical (unpaired) electrons. The minimum atomic E-state index is -0.691. The number of thiophene rings is 1. The lowest BCUT2D eigenvalue weighted by atomic mass is 10.1. The molecule has 0 aliphatic heterocycles. The summed E-state index contributed by atoms with van der Waals surface area (Å²) in [5, 5.41) is 8.47. The van der Waals surface area contributed by atoms with Gasteiger partial charge < -0.3 is 5.11 Å². The summed E-state index contributed by atoms with van der Waals surface area (Å²) >= 11 is 1.82. The fourth-order valence-corrected chi connectivity index (χ4v) is 2.50. The van der Waals surface area contributed by atoms with Gasteiger partial charge in [-0.1, -0.05) is 0 Å². The molecule has 0 unspecified atom stereocenters. The predicted octanol–water partition coefficient (Wildman–Crippen LogP) is 3.16. The molecule has 1 aromatic heterocycles. The Morgan fingerprint density at radius 3 is 2.64 bits per heavy atom. The SMILES string of the molecule is Cc1cc(CCCCC(=O)O)c(C)s1. The molecule has 0 aromatic carbocycles. The van der Waals surface area contributed by atoms with Crippen molar-refractivity contribution < 1.29 is 9.90 Å². The second-order valence-electron chi connectivity index (χ2n) is 3.54. The normalized spacial score (nSPS) is 10.4. The molecule has 0 spiro atoms. The molecular formula is C11H16O2S. The van der Waals surface area contributed by atoms with E-state index in [1.54, 1.807) is 0 Å². The number of unbranched alkanes of at least 4 members (excludes halogenated alkanes) is 1. The van der Waals surface area contributed by atoms with Crippen LogP contribution in [0.5, 0.6) is 0 Å². The summed E-state index contributed by atoms with van der Waals surface area (Å²) in [6, 6.07) is 2.21. The highest BCUT2D eigenvalue weighted by atomic mass is 32.1. The molecule has 1 heterocycles. The third-order valence-corrected chi connectivity index (χ3v) is 3.24. The summed E-state index contributed by atoms with van der Waals surface area (Å²) in [6.07, 6.45) is 3.07. The first-order chi connectivity index (χ1) is 6.59. The maximum atomic E-state index is 10.3. The van der Waals surface area contributed by atoms with E-state index in [1.807, 2.05) is 11.3 Å². The summed E-state index contributed by atoms with van der Waals surface area (Å²) < 4.78 is 0. The highest BCUT2D eigenvalue weighted by Gasteiger charge is 2.03. The van der Waals surface area contributed by atoms with Crippen molar-refractivity contribution in [2.24, 2.45) is 0 Å². The van der Waals surface area contributed by atoms with E-state index in [1.165, 1.54) is 15.3 Å². The second kappa shape index (κ2) is 5.15. The zero-order valence-electron chi connectivity index (χ0n) is 8.67. The van der Waals surface area contributed by atoms with E-state index in [0.717, 1.165) is 19.3 Å². The molecule has 0 aliphatic rings. The van der Waals surface area contributed by atoms with Crippen LogP contribution in [-0.2, 0) is 11.2 Å². The number of carboxylic acids is 1. The molecule has 0 bridgehead atoms. The molecule has 0 fully saturated rings. The minimum absolute atomic E-state index is 0.294. The van der Waals surface area contributed by atoms with Crippen LogP contribution in [0.2, 0.25) is 0 Å². The molecule has 0 saturated carbocycles. The second-order valence-corrected chi connectivity index (χ2v) is 5.00. The van der Waals surface area contributed by atoms with Crippen molar-refractivity contribution in [3.8, 4) is 0 Å². The van der Waals surface area contributed by atoms with Crippen LogP contribution in [0.15, 0.2) is 6.07 Å². The van der Waals surface area contributed by atoms with Crippen molar-refractivity contribution in [2.45, 2.75) is 39.5 Å². The van der Waals surface area contributed by atoms with Crippen LogP contribution in [0.4, 0.5) is 0 Å². The smallest absolute Gasteiger partial charge is 0.303 e. The van der Waals surface area contributed by atoms with E-state index < -0.39 is 5.97 Å². The van der Waals surface area contributed by atoms with Crippen LogP contribution in [0.1, 0.15) is 34.6 Å². The molecule has 1 rings (SSSR count). The first-order valence-electron chi connectivity index (χ1n) is 4.87. The molecule has 0 saturated heterocycles. The highest BCUT2D eigenvalue weighted by Crippen LogP contribution is 2.22. The Labute approximate surface area is 88.6 Å². The Balaban J connectivity index is 2.31. The maximum Gasteiger partial charge on any atom is 0.303 e. The molecule has 14 heavy (non-hydrogen) atoms. The fraction of sp³-hybridized carbons (Fsp3) is 0.545. The standard InChI is InChI=1S/C11H16O2S/c1-8-7-10(9(2)14-8)5-3-4-6-11(12)13/h7H,3-6H2,1-2H3,(H,12,13). The summed E-state index contributed by atoms with van der Waals surface area (Å²) in [5.74, 6) is -0.691. The van der Waals surface area contributed by atoms with Crippen molar-refractivity contribution in [3.05, 3.63) is 21.4 Å². The van der Waals surface area contributed by atoms with Crippen molar-refractivity contribution in [1.29, 1.82) is 0 Å². The van der Waals surface area contributed by atoms with E-state index in [9.17, 15) is 4.79 Å². The largest absolute Gasteiger partial charge is 0.481 e. The van der Waals surface area contributed by atoms with Crippen molar-refractivity contribution in [1.82, 2.24) is 0 Å². The number of aliphatic carboxylic acids is 1. The van der Waals surface area contributed by atoms with Gasteiger partial charge in [-0.2, -0.15) is 0 Å². The Hall–Kier alpha value is -0.830. The van der Waals surface area contributed by atoms with Crippen LogP contribution in [0.3, 0.4) is 0 Å². The first-order valence-corrected chi connectivity index (χ1v) is 5.69. The van der Waals surface area contributed by atoms with Gasteiger partial charge in [0.1, 0.15) is 0 Å². The first kappa shape index (κ1) is 11.2. The highest BCUT2D eigenvalue weighted by molar-refractivity contribution is 7.12. The number of hydrogen-bond donors (Lipinski definition) is 1. The predicted molar refractivity (Wildman–Crippen MR) is 59.0 cm³/mol. The Morgan fingerprint density at radius 1 is 1.43 bits per heavy atom. The number of carbonyl (C=O) groups is 1. The number of hydrogen-bond acceptors (Lipinski definition) is 2. The monoisotopic (exact) mass is 212 g/mol. The Bertz CT molecular complexity index is 315. The van der Waals surface area contributed by atoms with Crippen molar-refractivity contribution in [3.63, 3.8) is 0 Å². The zero-order valence-corrected chi connectivity index (χ0v) is 9.49. The zero-order chi connectivity index (χ0) is 10.6. The van der Waals surface area contributed by atoms with Crippen molar-refractivity contribution >= 4 is 17.3 Å².